The molecule has 0 fully saturated rings. The van der Waals surface area contributed by atoms with Crippen LogP contribution in [0.3, 0.4) is 0 Å². The molecular weight excluding hydrogens is 234 g/mol. The molecular formula is C12H21N3O3. The zero-order chi connectivity index (χ0) is 13.4. The third-order valence-corrected chi connectivity index (χ3v) is 2.47. The first-order chi connectivity index (χ1) is 8.67. The molecule has 1 amide bonds. The maximum Gasteiger partial charge on any atom is 0.246 e. The fourth-order valence-corrected chi connectivity index (χ4v) is 1.58. The van der Waals surface area contributed by atoms with Crippen molar-refractivity contribution in [3.63, 3.8) is 0 Å². The third kappa shape index (κ3) is 4.85. The van der Waals surface area contributed by atoms with Gasteiger partial charge in [-0.15, -0.1) is 0 Å². The average Bonchev–Trinajstić information content (AvgIpc) is 2.72. The third-order valence-electron chi connectivity index (χ3n) is 2.47. The molecule has 1 rings (SSSR count). The predicted octanol–water partition coefficient (Wildman–Crippen LogP) is 0.262. The molecule has 102 valence electrons. The molecule has 0 radical (unpaired) electrons. The van der Waals surface area contributed by atoms with Crippen molar-refractivity contribution in [1.29, 1.82) is 0 Å². The Kier molecular flexibility index (Phi) is 6.38. The van der Waals surface area contributed by atoms with Gasteiger partial charge in [0.05, 0.1) is 18.9 Å². The highest BCUT2D eigenvalue weighted by Crippen LogP contribution is 2.06. The number of nitrogens with zero attached hydrogens (tertiary/aromatic N) is 2. The maximum atomic E-state index is 11.5. The minimum Gasteiger partial charge on any atom is -0.382 e. The molecule has 0 unspecified atom stereocenters. The molecule has 0 aliphatic rings. The number of ether oxygens (including phenoxy) is 2. The van der Waals surface area contributed by atoms with Crippen molar-refractivity contribution in [2.45, 2.75) is 19.9 Å². The highest BCUT2D eigenvalue weighted by molar-refractivity contribution is 5.77. The molecule has 0 atom stereocenters. The second-order valence-corrected chi connectivity index (χ2v) is 3.95. The summed E-state index contributed by atoms with van der Waals surface area (Å²) < 4.78 is 11.7. The number of hydrogen-bond donors (Lipinski definition) is 1. The van der Waals surface area contributed by atoms with Crippen LogP contribution in [-0.2, 0) is 34.3 Å². The van der Waals surface area contributed by atoms with Crippen LogP contribution in [0.2, 0.25) is 0 Å². The van der Waals surface area contributed by atoms with Crippen LogP contribution in [0.1, 0.15) is 18.2 Å². The van der Waals surface area contributed by atoms with Crippen molar-refractivity contribution in [3.8, 4) is 0 Å². The van der Waals surface area contributed by atoms with E-state index < -0.39 is 0 Å². The Balaban J connectivity index is 2.29. The fraction of sp³-hybridized carbons (Fsp3) is 0.667. The molecule has 1 aromatic heterocycles. The number of methoxy groups -OCH3 is 1. The lowest BCUT2D eigenvalue weighted by molar-refractivity contribution is -0.126. The molecule has 1 N–H and O–H groups in total. The smallest absolute Gasteiger partial charge is 0.246 e. The van der Waals surface area contributed by atoms with Crippen LogP contribution in [0.15, 0.2) is 6.20 Å². The molecule has 18 heavy (non-hydrogen) atoms. The topological polar surface area (TPSA) is 65.4 Å². The van der Waals surface area contributed by atoms with Gasteiger partial charge in [0.15, 0.2) is 0 Å². The first-order valence-electron chi connectivity index (χ1n) is 6.02. The second-order valence-electron chi connectivity index (χ2n) is 3.95. The Labute approximate surface area is 107 Å². The summed E-state index contributed by atoms with van der Waals surface area (Å²) in [6, 6.07) is 0. The number of nitrogens with one attached hydrogen (secondary N) is 1. The van der Waals surface area contributed by atoms with Gasteiger partial charge in [-0.25, -0.2) is 0 Å². The van der Waals surface area contributed by atoms with E-state index in [0.29, 0.717) is 19.8 Å². The Morgan fingerprint density at radius 2 is 2.28 bits per heavy atom. The quantitative estimate of drug-likeness (QED) is 0.677. The molecule has 0 aromatic carbocycles. The number of aromatic nitrogens is 2. The van der Waals surface area contributed by atoms with Crippen molar-refractivity contribution >= 4 is 5.91 Å². The van der Waals surface area contributed by atoms with Gasteiger partial charge < -0.3 is 14.8 Å². The van der Waals surface area contributed by atoms with Crippen LogP contribution >= 0.6 is 0 Å². The van der Waals surface area contributed by atoms with E-state index in [9.17, 15) is 4.79 Å². The number of carbonyl (C=O) groups excluding carboxylic acids is 1. The lowest BCUT2D eigenvalue weighted by Crippen LogP contribution is -2.27. The van der Waals surface area contributed by atoms with Crippen molar-refractivity contribution in [3.05, 3.63) is 17.5 Å². The van der Waals surface area contributed by atoms with Crippen molar-refractivity contribution in [2.24, 2.45) is 7.05 Å². The van der Waals surface area contributed by atoms with Gasteiger partial charge in [-0.1, -0.05) is 6.92 Å². The number of rotatable bonds is 8. The van der Waals surface area contributed by atoms with Crippen LogP contribution < -0.4 is 5.32 Å². The first-order valence-corrected chi connectivity index (χ1v) is 6.02. The molecule has 0 aliphatic carbocycles. The van der Waals surface area contributed by atoms with Gasteiger partial charge in [0.25, 0.3) is 0 Å². The summed E-state index contributed by atoms with van der Waals surface area (Å²) >= 11 is 0. The summed E-state index contributed by atoms with van der Waals surface area (Å²) in [5.74, 6) is -0.128. The molecule has 6 nitrogen and oxygen atoms in total. The van der Waals surface area contributed by atoms with Gasteiger partial charge in [-0.3, -0.25) is 9.48 Å². The molecule has 0 saturated heterocycles. The highest BCUT2D eigenvalue weighted by atomic mass is 16.5. The summed E-state index contributed by atoms with van der Waals surface area (Å²) in [5, 5.41) is 7.12. The SMILES string of the molecule is CCc1nn(C)cc1CNC(=O)COCCOC. The van der Waals surface area contributed by atoms with Gasteiger partial charge >= 0.3 is 0 Å². The molecule has 6 heteroatoms. The van der Waals surface area contributed by atoms with E-state index in [2.05, 4.69) is 10.4 Å². The summed E-state index contributed by atoms with van der Waals surface area (Å²) in [4.78, 5) is 11.5. The molecule has 0 spiro atoms. The standard InChI is InChI=1S/C12H21N3O3/c1-4-11-10(8-15(2)14-11)7-13-12(16)9-18-6-5-17-3/h8H,4-7,9H2,1-3H3,(H,13,16). The number of aryl methyl sites for hydroxylation is 2. The van der Waals surface area contributed by atoms with E-state index in [1.165, 1.54) is 0 Å². The Morgan fingerprint density at radius 1 is 1.50 bits per heavy atom. The predicted molar refractivity (Wildman–Crippen MR) is 67.1 cm³/mol. The minimum atomic E-state index is -0.128. The maximum absolute atomic E-state index is 11.5. The lowest BCUT2D eigenvalue weighted by Gasteiger charge is -2.05. The first kappa shape index (κ1) is 14.7. The Hall–Kier alpha value is -1.40. The molecule has 1 aromatic rings. The van der Waals surface area contributed by atoms with Gasteiger partial charge in [-0.2, -0.15) is 5.10 Å². The van der Waals surface area contributed by atoms with Crippen LogP contribution in [-0.4, -0.2) is 42.6 Å². The van der Waals surface area contributed by atoms with E-state index in [0.717, 1.165) is 17.7 Å². The van der Waals surface area contributed by atoms with Crippen LogP contribution in [0.5, 0.6) is 0 Å². The van der Waals surface area contributed by atoms with Crippen molar-refractivity contribution in [1.82, 2.24) is 15.1 Å². The van der Waals surface area contributed by atoms with Gasteiger partial charge in [0.1, 0.15) is 6.61 Å². The van der Waals surface area contributed by atoms with Gasteiger partial charge in [-0.05, 0) is 6.42 Å². The van der Waals surface area contributed by atoms with Gasteiger partial charge in [0.2, 0.25) is 5.91 Å². The van der Waals surface area contributed by atoms with Crippen LogP contribution in [0.4, 0.5) is 0 Å². The van der Waals surface area contributed by atoms with E-state index >= 15 is 0 Å². The lowest BCUT2D eigenvalue weighted by atomic mass is 10.2. The van der Waals surface area contributed by atoms with Crippen molar-refractivity contribution < 1.29 is 14.3 Å². The molecule has 0 saturated carbocycles. The zero-order valence-corrected chi connectivity index (χ0v) is 11.2. The van der Waals surface area contributed by atoms with Crippen molar-refractivity contribution in [2.75, 3.05) is 26.9 Å². The van der Waals surface area contributed by atoms with E-state index in [1.807, 2.05) is 20.2 Å². The summed E-state index contributed by atoms with van der Waals surface area (Å²) in [6.07, 6.45) is 2.78. The fourth-order valence-electron chi connectivity index (χ4n) is 1.58. The van der Waals surface area contributed by atoms with Crippen LogP contribution in [0.25, 0.3) is 0 Å². The summed E-state index contributed by atoms with van der Waals surface area (Å²) in [5.41, 5.74) is 2.06. The van der Waals surface area contributed by atoms with Crippen LogP contribution in [0, 0.1) is 0 Å². The normalized spacial score (nSPS) is 10.6. The number of carbonyl (C=O) groups is 1. The largest absolute Gasteiger partial charge is 0.382 e. The monoisotopic (exact) mass is 255 g/mol. The van der Waals surface area contributed by atoms with E-state index in [4.69, 9.17) is 9.47 Å². The summed E-state index contributed by atoms with van der Waals surface area (Å²) in [6.45, 7) is 3.52. The molecule has 0 bridgehead atoms. The number of hydrogen-bond acceptors (Lipinski definition) is 4. The Bertz CT molecular complexity index is 377. The number of amides is 1. The molecule has 1 heterocycles. The highest BCUT2D eigenvalue weighted by Gasteiger charge is 2.07. The molecule has 0 aliphatic heterocycles. The zero-order valence-electron chi connectivity index (χ0n) is 11.2. The minimum absolute atomic E-state index is 0.0606. The average molecular weight is 255 g/mol. The second kappa shape index (κ2) is 7.84. The van der Waals surface area contributed by atoms with E-state index in [1.54, 1.807) is 11.8 Å². The van der Waals surface area contributed by atoms with Gasteiger partial charge in [0, 0.05) is 32.5 Å². The Morgan fingerprint density at radius 3 is 2.94 bits per heavy atom. The summed E-state index contributed by atoms with van der Waals surface area (Å²) in [7, 11) is 3.47. The van der Waals surface area contributed by atoms with E-state index in [-0.39, 0.29) is 12.5 Å².